The molecule has 0 aromatic heterocycles. The minimum Gasteiger partial charge on any atom is -0.504 e. The first kappa shape index (κ1) is 8.27. The Balaban J connectivity index is 2.86. The molecule has 1 rings (SSSR count). The molecule has 60 valence electrons. The maximum absolute atomic E-state index is 9.07. The molecule has 11 heavy (non-hydrogen) atoms. The Labute approximate surface area is 69.9 Å². The molecule has 0 atom stereocenters. The third kappa shape index (κ3) is 2.05. The fourth-order valence-corrected chi connectivity index (χ4v) is 1.34. The Hall–Kier alpha value is -0.830. The summed E-state index contributed by atoms with van der Waals surface area (Å²) in [5.41, 5.74) is 1.02. The number of hydrogen-bond donors (Lipinski definition) is 2. The number of phenols is 2. The van der Waals surface area contributed by atoms with Crippen LogP contribution < -0.4 is 0 Å². The summed E-state index contributed by atoms with van der Waals surface area (Å²) in [6.45, 7) is 0. The van der Waals surface area contributed by atoms with E-state index in [0.717, 1.165) is 11.3 Å². The minimum absolute atomic E-state index is 0.0449. The van der Waals surface area contributed by atoms with Crippen LogP contribution in [0.4, 0.5) is 0 Å². The third-order valence-corrected chi connectivity index (χ3v) is 1.97. The Kier molecular flexibility index (Phi) is 2.65. The zero-order valence-electron chi connectivity index (χ0n) is 6.24. The first-order valence-electron chi connectivity index (χ1n) is 3.24. The van der Waals surface area contributed by atoms with Crippen LogP contribution in [-0.4, -0.2) is 16.5 Å². The minimum atomic E-state index is -0.0603. The average Bonchev–Trinajstić information content (AvgIpc) is 1.98. The molecule has 1 aromatic rings. The van der Waals surface area contributed by atoms with E-state index in [4.69, 9.17) is 10.2 Å². The second kappa shape index (κ2) is 3.53. The van der Waals surface area contributed by atoms with Crippen LogP contribution in [0, 0.1) is 0 Å². The highest BCUT2D eigenvalue weighted by Gasteiger charge is 1.98. The molecule has 0 amide bonds. The lowest BCUT2D eigenvalue weighted by Crippen LogP contribution is -1.78. The standard InChI is InChI=1S/C8H10O2S/c1-11-5-6-2-3-7(9)8(10)4-6/h2-4,9-10H,5H2,1H3. The highest BCUT2D eigenvalue weighted by atomic mass is 32.2. The summed E-state index contributed by atoms with van der Waals surface area (Å²) in [5, 5.41) is 18.0. The van der Waals surface area contributed by atoms with Gasteiger partial charge in [0, 0.05) is 5.75 Å². The van der Waals surface area contributed by atoms with Crippen molar-refractivity contribution in [3.05, 3.63) is 23.8 Å². The molecule has 0 radical (unpaired) electrons. The van der Waals surface area contributed by atoms with Gasteiger partial charge in [-0.05, 0) is 24.0 Å². The Morgan fingerprint density at radius 2 is 2.00 bits per heavy atom. The van der Waals surface area contributed by atoms with E-state index in [9.17, 15) is 0 Å². The summed E-state index contributed by atoms with van der Waals surface area (Å²) in [6.07, 6.45) is 1.99. The number of benzene rings is 1. The Morgan fingerprint density at radius 3 is 2.55 bits per heavy atom. The van der Waals surface area contributed by atoms with Crippen molar-refractivity contribution in [2.24, 2.45) is 0 Å². The molecule has 1 aromatic carbocycles. The number of phenolic OH excluding ortho intramolecular Hbond substituents is 2. The molecule has 0 aliphatic heterocycles. The van der Waals surface area contributed by atoms with Crippen molar-refractivity contribution in [1.82, 2.24) is 0 Å². The largest absolute Gasteiger partial charge is 0.504 e. The van der Waals surface area contributed by atoms with E-state index < -0.39 is 0 Å². The van der Waals surface area contributed by atoms with Crippen LogP contribution in [0.15, 0.2) is 18.2 Å². The van der Waals surface area contributed by atoms with Crippen molar-refractivity contribution < 1.29 is 10.2 Å². The van der Waals surface area contributed by atoms with E-state index in [-0.39, 0.29) is 11.5 Å². The molecular weight excluding hydrogens is 160 g/mol. The van der Waals surface area contributed by atoms with Crippen molar-refractivity contribution in [2.75, 3.05) is 6.26 Å². The molecule has 0 fully saturated rings. The second-order valence-electron chi connectivity index (χ2n) is 2.26. The first-order valence-corrected chi connectivity index (χ1v) is 4.63. The highest BCUT2D eigenvalue weighted by Crippen LogP contribution is 2.26. The first-order chi connectivity index (χ1) is 5.24. The van der Waals surface area contributed by atoms with Crippen molar-refractivity contribution >= 4 is 11.8 Å². The highest BCUT2D eigenvalue weighted by molar-refractivity contribution is 7.97. The summed E-state index contributed by atoms with van der Waals surface area (Å²) < 4.78 is 0. The predicted octanol–water partition coefficient (Wildman–Crippen LogP) is 1.96. The molecule has 0 heterocycles. The van der Waals surface area contributed by atoms with Gasteiger partial charge in [0.15, 0.2) is 11.5 Å². The quantitative estimate of drug-likeness (QED) is 0.666. The average molecular weight is 170 g/mol. The molecule has 0 bridgehead atoms. The summed E-state index contributed by atoms with van der Waals surface area (Å²) in [6, 6.07) is 4.87. The van der Waals surface area contributed by atoms with Gasteiger partial charge in [-0.1, -0.05) is 6.07 Å². The molecule has 0 unspecified atom stereocenters. The maximum atomic E-state index is 9.07. The van der Waals surface area contributed by atoms with Crippen molar-refractivity contribution in [2.45, 2.75) is 5.75 Å². The molecule has 0 aliphatic carbocycles. The summed E-state index contributed by atoms with van der Waals surface area (Å²) in [4.78, 5) is 0. The van der Waals surface area contributed by atoms with Crippen LogP contribution in [0.25, 0.3) is 0 Å². The van der Waals surface area contributed by atoms with E-state index >= 15 is 0 Å². The third-order valence-electron chi connectivity index (χ3n) is 1.35. The smallest absolute Gasteiger partial charge is 0.157 e. The van der Waals surface area contributed by atoms with Gasteiger partial charge in [-0.2, -0.15) is 11.8 Å². The van der Waals surface area contributed by atoms with Crippen LogP contribution in [0.2, 0.25) is 0 Å². The zero-order valence-corrected chi connectivity index (χ0v) is 7.06. The summed E-state index contributed by atoms with van der Waals surface area (Å²) in [7, 11) is 0. The van der Waals surface area contributed by atoms with Gasteiger partial charge in [-0.25, -0.2) is 0 Å². The van der Waals surface area contributed by atoms with Gasteiger partial charge < -0.3 is 10.2 Å². The van der Waals surface area contributed by atoms with Gasteiger partial charge in [-0.15, -0.1) is 0 Å². The van der Waals surface area contributed by atoms with Gasteiger partial charge in [0.05, 0.1) is 0 Å². The van der Waals surface area contributed by atoms with Gasteiger partial charge in [0.25, 0.3) is 0 Å². The second-order valence-corrected chi connectivity index (χ2v) is 3.12. The van der Waals surface area contributed by atoms with E-state index in [2.05, 4.69) is 0 Å². The van der Waals surface area contributed by atoms with E-state index in [1.807, 2.05) is 6.26 Å². The SMILES string of the molecule is CSCc1ccc(O)c(O)c1. The van der Waals surface area contributed by atoms with Gasteiger partial charge in [0.2, 0.25) is 0 Å². The zero-order chi connectivity index (χ0) is 8.27. The Bertz CT molecular complexity index is 248. The monoisotopic (exact) mass is 170 g/mol. The molecule has 0 aliphatic rings. The lowest BCUT2D eigenvalue weighted by atomic mass is 10.2. The molecule has 0 saturated carbocycles. The number of thioether (sulfide) groups is 1. The fraction of sp³-hybridized carbons (Fsp3) is 0.250. The van der Waals surface area contributed by atoms with E-state index in [1.54, 1.807) is 23.9 Å². The molecule has 2 nitrogen and oxygen atoms in total. The number of aromatic hydroxyl groups is 2. The molecule has 2 N–H and O–H groups in total. The van der Waals surface area contributed by atoms with Crippen LogP contribution in [0.1, 0.15) is 5.56 Å². The molecule has 3 heteroatoms. The van der Waals surface area contributed by atoms with Crippen molar-refractivity contribution in [1.29, 1.82) is 0 Å². The predicted molar refractivity (Wildman–Crippen MR) is 47.0 cm³/mol. The Morgan fingerprint density at radius 1 is 1.27 bits per heavy atom. The van der Waals surface area contributed by atoms with Crippen LogP contribution in [0.5, 0.6) is 11.5 Å². The van der Waals surface area contributed by atoms with Gasteiger partial charge >= 0.3 is 0 Å². The fourth-order valence-electron chi connectivity index (χ4n) is 0.825. The van der Waals surface area contributed by atoms with Crippen LogP contribution in [-0.2, 0) is 5.75 Å². The van der Waals surface area contributed by atoms with Crippen molar-refractivity contribution in [3.8, 4) is 11.5 Å². The molecule has 0 spiro atoms. The number of rotatable bonds is 2. The topological polar surface area (TPSA) is 40.5 Å². The van der Waals surface area contributed by atoms with Gasteiger partial charge in [-0.3, -0.25) is 0 Å². The van der Waals surface area contributed by atoms with E-state index in [0.29, 0.717) is 0 Å². The van der Waals surface area contributed by atoms with Crippen LogP contribution >= 0.6 is 11.8 Å². The summed E-state index contributed by atoms with van der Waals surface area (Å²) >= 11 is 1.68. The molecular formula is C8H10O2S. The van der Waals surface area contributed by atoms with Crippen LogP contribution in [0.3, 0.4) is 0 Å². The maximum Gasteiger partial charge on any atom is 0.157 e. The number of hydrogen-bond acceptors (Lipinski definition) is 3. The van der Waals surface area contributed by atoms with E-state index in [1.165, 1.54) is 6.07 Å². The normalized spacial score (nSPS) is 9.91. The summed E-state index contributed by atoms with van der Waals surface area (Å²) in [5.74, 6) is 0.750. The van der Waals surface area contributed by atoms with Gasteiger partial charge in [0.1, 0.15) is 0 Å². The molecule has 0 saturated heterocycles. The lowest BCUT2D eigenvalue weighted by molar-refractivity contribution is 0.403. The van der Waals surface area contributed by atoms with Crippen molar-refractivity contribution in [3.63, 3.8) is 0 Å². The lowest BCUT2D eigenvalue weighted by Gasteiger charge is -2.00.